The largest absolute Gasteiger partial charge is 0.443 e. The summed E-state index contributed by atoms with van der Waals surface area (Å²) in [5.74, 6) is -0.0568. The Morgan fingerprint density at radius 2 is 2.25 bits per heavy atom. The van der Waals surface area contributed by atoms with Crippen LogP contribution >= 0.6 is 0 Å². The molecule has 4 nitrogen and oxygen atoms in total. The molecule has 1 aromatic rings. The fourth-order valence-corrected chi connectivity index (χ4v) is 1.73. The van der Waals surface area contributed by atoms with E-state index in [1.807, 2.05) is 20.8 Å². The van der Waals surface area contributed by atoms with E-state index in [0.29, 0.717) is 0 Å². The van der Waals surface area contributed by atoms with Crippen molar-refractivity contribution in [1.29, 1.82) is 5.26 Å². The molecular weight excluding hydrogens is 204 g/mol. The standard InChI is InChI=1S/C12H14N2O2/c1-12(2,3)16-11(15)14-6-9-4-8(5-13)10(9)7-14/h6-8H,4H2,1-3H3. The lowest BCUT2D eigenvalue weighted by Crippen LogP contribution is -2.26. The molecule has 0 aliphatic heterocycles. The minimum absolute atomic E-state index is 0.0568. The summed E-state index contributed by atoms with van der Waals surface area (Å²) >= 11 is 0. The summed E-state index contributed by atoms with van der Waals surface area (Å²) in [7, 11) is 0. The second-order valence-electron chi connectivity index (χ2n) is 5.01. The van der Waals surface area contributed by atoms with Gasteiger partial charge in [-0.25, -0.2) is 4.79 Å². The van der Waals surface area contributed by atoms with Crippen molar-refractivity contribution in [2.75, 3.05) is 0 Å². The number of carbonyl (C=O) groups is 1. The third-order valence-corrected chi connectivity index (χ3v) is 2.50. The van der Waals surface area contributed by atoms with E-state index < -0.39 is 11.7 Å². The van der Waals surface area contributed by atoms with E-state index in [0.717, 1.165) is 17.5 Å². The van der Waals surface area contributed by atoms with Crippen LogP contribution < -0.4 is 0 Å². The summed E-state index contributed by atoms with van der Waals surface area (Å²) in [6.07, 6.45) is 3.79. The van der Waals surface area contributed by atoms with Crippen LogP contribution in [0.2, 0.25) is 0 Å². The molecule has 0 fully saturated rings. The summed E-state index contributed by atoms with van der Waals surface area (Å²) in [6.45, 7) is 5.48. The lowest BCUT2D eigenvalue weighted by molar-refractivity contribution is 0.0537. The normalized spacial score (nSPS) is 18.2. The molecule has 0 spiro atoms. The zero-order valence-corrected chi connectivity index (χ0v) is 9.65. The van der Waals surface area contributed by atoms with Gasteiger partial charge in [-0.2, -0.15) is 5.26 Å². The van der Waals surface area contributed by atoms with Crippen LogP contribution in [-0.2, 0) is 11.2 Å². The molecule has 84 valence electrons. The molecule has 1 unspecified atom stereocenters. The second-order valence-corrected chi connectivity index (χ2v) is 5.01. The molecule has 1 aliphatic carbocycles. The quantitative estimate of drug-likeness (QED) is 0.672. The molecule has 0 radical (unpaired) electrons. The van der Waals surface area contributed by atoms with Crippen LogP contribution in [0.3, 0.4) is 0 Å². The Labute approximate surface area is 94.4 Å². The van der Waals surface area contributed by atoms with E-state index >= 15 is 0 Å². The van der Waals surface area contributed by atoms with Crippen LogP contribution in [0.4, 0.5) is 4.79 Å². The first-order valence-electron chi connectivity index (χ1n) is 5.24. The summed E-state index contributed by atoms with van der Waals surface area (Å²) < 4.78 is 6.65. The highest BCUT2D eigenvalue weighted by Crippen LogP contribution is 2.35. The molecule has 1 atom stereocenters. The van der Waals surface area contributed by atoms with Crippen LogP contribution in [-0.4, -0.2) is 16.3 Å². The highest BCUT2D eigenvalue weighted by atomic mass is 16.6. The van der Waals surface area contributed by atoms with Crippen LogP contribution in [0.15, 0.2) is 12.4 Å². The molecule has 1 aliphatic rings. The van der Waals surface area contributed by atoms with Gasteiger partial charge in [-0.1, -0.05) is 0 Å². The molecule has 0 aromatic carbocycles. The highest BCUT2D eigenvalue weighted by Gasteiger charge is 2.30. The average Bonchev–Trinajstić information content (AvgIpc) is 2.43. The van der Waals surface area contributed by atoms with E-state index in [1.54, 1.807) is 12.4 Å². The Balaban J connectivity index is 2.15. The van der Waals surface area contributed by atoms with Gasteiger partial charge in [-0.05, 0) is 38.3 Å². The predicted molar refractivity (Wildman–Crippen MR) is 58.1 cm³/mol. The SMILES string of the molecule is CC(C)(C)OC(=O)n1cc2c(c1)C(C#N)C2. The first-order chi connectivity index (χ1) is 7.40. The van der Waals surface area contributed by atoms with Crippen molar-refractivity contribution in [3.63, 3.8) is 0 Å². The molecule has 0 saturated carbocycles. The third kappa shape index (κ3) is 1.81. The van der Waals surface area contributed by atoms with Crippen molar-refractivity contribution in [3.05, 3.63) is 23.5 Å². The highest BCUT2D eigenvalue weighted by molar-refractivity contribution is 5.72. The van der Waals surface area contributed by atoms with Crippen molar-refractivity contribution in [1.82, 2.24) is 4.57 Å². The minimum atomic E-state index is -0.496. The average molecular weight is 218 g/mol. The van der Waals surface area contributed by atoms with E-state index in [2.05, 4.69) is 6.07 Å². The predicted octanol–water partition coefficient (Wildman–Crippen LogP) is 2.43. The number of carbonyl (C=O) groups excluding carboxylic acids is 1. The number of fused-ring (bicyclic) bond motifs is 1. The molecule has 0 bridgehead atoms. The first kappa shape index (κ1) is 10.7. The molecule has 0 saturated heterocycles. The van der Waals surface area contributed by atoms with E-state index in [4.69, 9.17) is 10.00 Å². The second kappa shape index (κ2) is 3.38. The molecular formula is C12H14N2O2. The summed E-state index contributed by atoms with van der Waals surface area (Å²) in [5, 5.41) is 8.79. The Morgan fingerprint density at radius 3 is 2.81 bits per heavy atom. The van der Waals surface area contributed by atoms with Gasteiger partial charge < -0.3 is 4.74 Å². The summed E-state index contributed by atoms with van der Waals surface area (Å²) in [5.41, 5.74) is 1.52. The molecule has 2 rings (SSSR count). The minimum Gasteiger partial charge on any atom is -0.443 e. The van der Waals surface area contributed by atoms with Crippen molar-refractivity contribution in [2.45, 2.75) is 38.7 Å². The third-order valence-electron chi connectivity index (χ3n) is 2.50. The van der Waals surface area contributed by atoms with Gasteiger partial charge in [0.1, 0.15) is 5.60 Å². The molecule has 1 aromatic heterocycles. The Hall–Kier alpha value is -1.76. The maximum atomic E-state index is 11.7. The van der Waals surface area contributed by atoms with Crippen molar-refractivity contribution in [3.8, 4) is 6.07 Å². The molecule has 0 N–H and O–H groups in total. The van der Waals surface area contributed by atoms with Gasteiger partial charge in [0, 0.05) is 12.4 Å². The van der Waals surface area contributed by atoms with Crippen molar-refractivity contribution in [2.24, 2.45) is 0 Å². The van der Waals surface area contributed by atoms with E-state index in [1.165, 1.54) is 4.57 Å². The monoisotopic (exact) mass is 218 g/mol. The fraction of sp³-hybridized carbons (Fsp3) is 0.500. The first-order valence-corrected chi connectivity index (χ1v) is 5.24. The van der Waals surface area contributed by atoms with E-state index in [-0.39, 0.29) is 5.92 Å². The topological polar surface area (TPSA) is 55.0 Å². The van der Waals surface area contributed by atoms with Gasteiger partial charge in [-0.3, -0.25) is 4.57 Å². The van der Waals surface area contributed by atoms with Gasteiger partial charge >= 0.3 is 6.09 Å². The Morgan fingerprint density at radius 1 is 1.56 bits per heavy atom. The number of ether oxygens (including phenoxy) is 1. The van der Waals surface area contributed by atoms with Crippen LogP contribution in [0, 0.1) is 11.3 Å². The van der Waals surface area contributed by atoms with Gasteiger partial charge in [0.05, 0.1) is 12.0 Å². The number of hydrogen-bond acceptors (Lipinski definition) is 3. The summed E-state index contributed by atoms with van der Waals surface area (Å²) in [6, 6.07) is 2.19. The number of nitrogens with zero attached hydrogens (tertiary/aromatic N) is 2. The number of nitriles is 1. The zero-order chi connectivity index (χ0) is 11.9. The molecule has 4 heteroatoms. The van der Waals surface area contributed by atoms with Gasteiger partial charge in [0.15, 0.2) is 0 Å². The lowest BCUT2D eigenvalue weighted by atomic mass is 9.82. The zero-order valence-electron chi connectivity index (χ0n) is 9.65. The van der Waals surface area contributed by atoms with Crippen molar-refractivity contribution < 1.29 is 9.53 Å². The lowest BCUT2D eigenvalue weighted by Gasteiger charge is -2.19. The summed E-state index contributed by atoms with van der Waals surface area (Å²) in [4.78, 5) is 11.7. The van der Waals surface area contributed by atoms with E-state index in [9.17, 15) is 4.79 Å². The number of aromatic nitrogens is 1. The van der Waals surface area contributed by atoms with Gasteiger partial charge in [0.25, 0.3) is 0 Å². The van der Waals surface area contributed by atoms with Crippen LogP contribution in [0.25, 0.3) is 0 Å². The fourth-order valence-electron chi connectivity index (χ4n) is 1.73. The van der Waals surface area contributed by atoms with Gasteiger partial charge in [0.2, 0.25) is 0 Å². The maximum Gasteiger partial charge on any atom is 0.418 e. The number of rotatable bonds is 0. The Kier molecular flexibility index (Phi) is 2.27. The van der Waals surface area contributed by atoms with Crippen LogP contribution in [0.5, 0.6) is 0 Å². The molecule has 0 amide bonds. The molecule has 16 heavy (non-hydrogen) atoms. The Bertz CT molecular complexity index is 474. The van der Waals surface area contributed by atoms with Crippen LogP contribution in [0.1, 0.15) is 37.8 Å². The molecule has 1 heterocycles. The van der Waals surface area contributed by atoms with Crippen molar-refractivity contribution >= 4 is 6.09 Å². The maximum absolute atomic E-state index is 11.7. The van der Waals surface area contributed by atoms with Gasteiger partial charge in [-0.15, -0.1) is 0 Å². The number of hydrogen-bond donors (Lipinski definition) is 0. The smallest absolute Gasteiger partial charge is 0.418 e.